The number of anilines is 2. The number of aryl methyl sites for hydroxylation is 1. The summed E-state index contributed by atoms with van der Waals surface area (Å²) >= 11 is 0. The summed E-state index contributed by atoms with van der Waals surface area (Å²) in [6.07, 6.45) is 2.79. The average Bonchev–Trinajstić information content (AvgIpc) is 2.72. The van der Waals surface area contributed by atoms with Crippen LogP contribution in [-0.4, -0.2) is 23.4 Å². The van der Waals surface area contributed by atoms with Crippen LogP contribution in [0, 0.1) is 0 Å². The van der Waals surface area contributed by atoms with Crippen molar-refractivity contribution < 1.29 is 0 Å². The van der Waals surface area contributed by atoms with Gasteiger partial charge in [-0.1, -0.05) is 12.1 Å². The first-order valence-electron chi connectivity index (χ1n) is 5.71. The summed E-state index contributed by atoms with van der Waals surface area (Å²) in [5.74, 6) is 0. The van der Waals surface area contributed by atoms with Crippen molar-refractivity contribution in [3.63, 3.8) is 0 Å². The second-order valence-corrected chi connectivity index (χ2v) is 4.18. The smallest absolute Gasteiger partial charge is 0.0597 e. The van der Waals surface area contributed by atoms with Crippen LogP contribution < -0.4 is 10.6 Å². The quantitative estimate of drug-likeness (QED) is 0.813. The van der Waals surface area contributed by atoms with Gasteiger partial charge in [0.05, 0.1) is 11.4 Å². The Morgan fingerprint density at radius 2 is 2.06 bits per heavy atom. The van der Waals surface area contributed by atoms with Crippen molar-refractivity contribution in [3.05, 3.63) is 42.2 Å². The van der Waals surface area contributed by atoms with Crippen molar-refractivity contribution in [1.29, 1.82) is 0 Å². The molecule has 0 saturated carbocycles. The van der Waals surface area contributed by atoms with Crippen LogP contribution >= 0.6 is 0 Å². The van der Waals surface area contributed by atoms with Gasteiger partial charge in [-0.15, -0.1) is 0 Å². The van der Waals surface area contributed by atoms with E-state index in [0.717, 1.165) is 24.3 Å². The Bertz CT molecular complexity index is 490. The average molecular weight is 230 g/mol. The maximum atomic E-state index is 5.94. The second-order valence-electron chi connectivity index (χ2n) is 4.18. The van der Waals surface area contributed by atoms with Gasteiger partial charge in [-0.2, -0.15) is 5.10 Å². The van der Waals surface area contributed by atoms with E-state index < -0.39 is 0 Å². The Morgan fingerprint density at radius 3 is 2.71 bits per heavy atom. The number of hydrogen-bond acceptors (Lipinski definition) is 3. The molecule has 17 heavy (non-hydrogen) atoms. The molecular formula is C13H18N4. The molecule has 1 heterocycles. The predicted molar refractivity (Wildman–Crippen MR) is 71.0 cm³/mol. The fourth-order valence-electron chi connectivity index (χ4n) is 1.88. The maximum Gasteiger partial charge on any atom is 0.0597 e. The lowest BCUT2D eigenvalue weighted by molar-refractivity contribution is 0.699. The normalized spacial score (nSPS) is 10.5. The molecule has 1 aromatic heterocycles. The lowest BCUT2D eigenvalue weighted by Gasteiger charge is -2.20. The molecule has 90 valence electrons. The van der Waals surface area contributed by atoms with Gasteiger partial charge >= 0.3 is 0 Å². The van der Waals surface area contributed by atoms with Gasteiger partial charge in [0.2, 0.25) is 0 Å². The van der Waals surface area contributed by atoms with Crippen molar-refractivity contribution in [2.45, 2.75) is 6.42 Å². The van der Waals surface area contributed by atoms with E-state index in [1.54, 1.807) is 0 Å². The number of nitrogen functional groups attached to an aromatic ring is 1. The standard InChI is InChI=1S/C13H18N4/c1-16(13-6-4-3-5-12(13)14)10-8-11-7-9-15-17(11)2/h3-7,9H,8,10,14H2,1-2H3. The van der Waals surface area contributed by atoms with Crippen LogP contribution in [-0.2, 0) is 13.5 Å². The molecule has 4 heteroatoms. The molecule has 0 aliphatic carbocycles. The summed E-state index contributed by atoms with van der Waals surface area (Å²) in [5.41, 5.74) is 9.07. The third kappa shape index (κ3) is 2.58. The number of hydrogen-bond donors (Lipinski definition) is 1. The van der Waals surface area contributed by atoms with Gasteiger partial charge in [-0.05, 0) is 18.2 Å². The van der Waals surface area contributed by atoms with E-state index >= 15 is 0 Å². The Morgan fingerprint density at radius 1 is 1.29 bits per heavy atom. The summed E-state index contributed by atoms with van der Waals surface area (Å²) in [6, 6.07) is 9.97. The van der Waals surface area contributed by atoms with Gasteiger partial charge in [-0.25, -0.2) is 0 Å². The second kappa shape index (κ2) is 4.91. The number of para-hydroxylation sites is 2. The fourth-order valence-corrected chi connectivity index (χ4v) is 1.88. The Labute approximate surface area is 102 Å². The van der Waals surface area contributed by atoms with Gasteiger partial charge in [0, 0.05) is 39.0 Å². The first-order valence-corrected chi connectivity index (χ1v) is 5.71. The minimum absolute atomic E-state index is 0.819. The molecule has 0 aliphatic rings. The third-order valence-electron chi connectivity index (χ3n) is 2.97. The molecule has 4 nitrogen and oxygen atoms in total. The third-order valence-corrected chi connectivity index (χ3v) is 2.97. The van der Waals surface area contributed by atoms with E-state index in [9.17, 15) is 0 Å². The van der Waals surface area contributed by atoms with E-state index in [0.29, 0.717) is 0 Å². The van der Waals surface area contributed by atoms with E-state index in [4.69, 9.17) is 5.73 Å². The van der Waals surface area contributed by atoms with Crippen LogP contribution in [0.25, 0.3) is 0 Å². The van der Waals surface area contributed by atoms with Crippen LogP contribution in [0.3, 0.4) is 0 Å². The van der Waals surface area contributed by atoms with Crippen molar-refractivity contribution in [3.8, 4) is 0 Å². The Kier molecular flexibility index (Phi) is 3.32. The number of nitrogens with zero attached hydrogens (tertiary/aromatic N) is 3. The molecule has 0 atom stereocenters. The highest BCUT2D eigenvalue weighted by Gasteiger charge is 2.05. The number of aromatic nitrogens is 2. The predicted octanol–water partition coefficient (Wildman–Crippen LogP) is 1.68. The molecule has 2 rings (SSSR count). The molecular weight excluding hydrogens is 212 g/mol. The maximum absolute atomic E-state index is 5.94. The zero-order chi connectivity index (χ0) is 12.3. The largest absolute Gasteiger partial charge is 0.397 e. The number of rotatable bonds is 4. The molecule has 0 saturated heterocycles. The highest BCUT2D eigenvalue weighted by atomic mass is 15.3. The minimum Gasteiger partial charge on any atom is -0.397 e. The molecule has 0 unspecified atom stereocenters. The first-order chi connectivity index (χ1) is 8.18. The summed E-state index contributed by atoms with van der Waals surface area (Å²) in [4.78, 5) is 2.17. The lowest BCUT2D eigenvalue weighted by atomic mass is 10.2. The Balaban J connectivity index is 2.01. The van der Waals surface area contributed by atoms with Crippen molar-refractivity contribution in [1.82, 2.24) is 9.78 Å². The summed E-state index contributed by atoms with van der Waals surface area (Å²) in [5, 5.41) is 4.16. The van der Waals surface area contributed by atoms with E-state index in [-0.39, 0.29) is 0 Å². The summed E-state index contributed by atoms with van der Waals surface area (Å²) in [7, 11) is 4.02. The summed E-state index contributed by atoms with van der Waals surface area (Å²) < 4.78 is 1.90. The monoisotopic (exact) mass is 230 g/mol. The molecule has 0 aliphatic heterocycles. The molecule has 0 amide bonds. The van der Waals surface area contributed by atoms with Gasteiger partial charge in [0.15, 0.2) is 0 Å². The Hall–Kier alpha value is -1.97. The number of likely N-dealkylation sites (N-methyl/N-ethyl adjacent to an activating group) is 1. The lowest BCUT2D eigenvalue weighted by Crippen LogP contribution is -2.22. The number of nitrogens with two attached hydrogens (primary N) is 1. The molecule has 0 radical (unpaired) electrons. The van der Waals surface area contributed by atoms with Gasteiger partial charge in [0.25, 0.3) is 0 Å². The molecule has 0 bridgehead atoms. The fraction of sp³-hybridized carbons (Fsp3) is 0.308. The SMILES string of the molecule is CN(CCc1ccnn1C)c1ccccc1N. The van der Waals surface area contributed by atoms with Crippen LogP contribution in [0.2, 0.25) is 0 Å². The van der Waals surface area contributed by atoms with Crippen LogP contribution in [0.4, 0.5) is 11.4 Å². The van der Waals surface area contributed by atoms with Gasteiger partial charge in [0.1, 0.15) is 0 Å². The van der Waals surface area contributed by atoms with E-state index in [2.05, 4.69) is 17.0 Å². The van der Waals surface area contributed by atoms with Crippen molar-refractivity contribution in [2.75, 3.05) is 24.2 Å². The summed E-state index contributed by atoms with van der Waals surface area (Å²) in [6.45, 7) is 0.924. The zero-order valence-electron chi connectivity index (χ0n) is 10.3. The highest BCUT2D eigenvalue weighted by Crippen LogP contribution is 2.20. The molecule has 2 N–H and O–H groups in total. The first kappa shape index (κ1) is 11.5. The van der Waals surface area contributed by atoms with Crippen LogP contribution in [0.15, 0.2) is 36.5 Å². The van der Waals surface area contributed by atoms with Gasteiger partial charge < -0.3 is 10.6 Å². The molecule has 2 aromatic rings. The highest BCUT2D eigenvalue weighted by molar-refractivity contribution is 5.66. The molecule has 1 aromatic carbocycles. The zero-order valence-corrected chi connectivity index (χ0v) is 10.3. The minimum atomic E-state index is 0.819. The molecule has 0 spiro atoms. The van der Waals surface area contributed by atoms with Gasteiger partial charge in [-0.3, -0.25) is 4.68 Å². The van der Waals surface area contributed by atoms with Crippen molar-refractivity contribution >= 4 is 11.4 Å². The molecule has 0 fully saturated rings. The topological polar surface area (TPSA) is 47.1 Å². The number of benzene rings is 1. The van der Waals surface area contributed by atoms with Crippen LogP contribution in [0.1, 0.15) is 5.69 Å². The van der Waals surface area contributed by atoms with Crippen molar-refractivity contribution in [2.24, 2.45) is 7.05 Å². The van der Waals surface area contributed by atoms with E-state index in [1.165, 1.54) is 5.69 Å². The van der Waals surface area contributed by atoms with Crippen LogP contribution in [0.5, 0.6) is 0 Å². The van der Waals surface area contributed by atoms with E-state index in [1.807, 2.05) is 48.3 Å².